The molecule has 2 unspecified atom stereocenters. The average molecular weight is 361 g/mol. The molecule has 7 nitrogen and oxygen atoms in total. The lowest BCUT2D eigenvalue weighted by Crippen LogP contribution is -2.48. The van der Waals surface area contributed by atoms with Gasteiger partial charge < -0.3 is 0 Å². The summed E-state index contributed by atoms with van der Waals surface area (Å²) >= 11 is -0.700. The molecule has 2 rings (SSSR count). The second-order valence-electron chi connectivity index (χ2n) is 6.27. The molecule has 0 amide bonds. The van der Waals surface area contributed by atoms with Crippen LogP contribution in [0.2, 0.25) is 0 Å². The van der Waals surface area contributed by atoms with Crippen molar-refractivity contribution in [1.29, 1.82) is 0 Å². The van der Waals surface area contributed by atoms with Crippen LogP contribution in [0.1, 0.15) is 33.1 Å². The van der Waals surface area contributed by atoms with Crippen molar-refractivity contribution < 1.29 is 36.6 Å². The Morgan fingerprint density at radius 1 is 1.50 bits per heavy atom. The fourth-order valence-electron chi connectivity index (χ4n) is 3.72. The summed E-state index contributed by atoms with van der Waals surface area (Å²) in [5, 5.41) is 6.83. The summed E-state index contributed by atoms with van der Waals surface area (Å²) in [5.41, 5.74) is -1.69. The SMILES string of the molecule is CC1(C)C2CCC1(CS(=O)(=O)NC(F)(F)SOOO)C(=O)C2. The van der Waals surface area contributed by atoms with Crippen molar-refractivity contribution in [3.05, 3.63) is 0 Å². The van der Waals surface area contributed by atoms with E-state index in [1.807, 2.05) is 0 Å². The van der Waals surface area contributed by atoms with E-state index in [1.165, 1.54) is 0 Å². The molecule has 2 aliphatic carbocycles. The van der Waals surface area contributed by atoms with E-state index < -0.39 is 44.0 Å². The minimum atomic E-state index is -4.46. The lowest BCUT2D eigenvalue weighted by Gasteiger charge is -2.36. The summed E-state index contributed by atoms with van der Waals surface area (Å²) in [5.74, 6) is -0.806. The molecule has 0 aromatic rings. The third-order valence-electron chi connectivity index (χ3n) is 5.02. The molecule has 22 heavy (non-hydrogen) atoms. The van der Waals surface area contributed by atoms with E-state index in [2.05, 4.69) is 9.37 Å². The van der Waals surface area contributed by atoms with E-state index >= 15 is 0 Å². The maximum atomic E-state index is 13.4. The summed E-state index contributed by atoms with van der Waals surface area (Å²) in [4.78, 5) is 12.2. The minimum Gasteiger partial charge on any atom is -0.299 e. The van der Waals surface area contributed by atoms with Crippen molar-refractivity contribution in [3.63, 3.8) is 0 Å². The van der Waals surface area contributed by atoms with Gasteiger partial charge >= 0.3 is 5.38 Å². The highest BCUT2D eigenvalue weighted by molar-refractivity contribution is 7.97. The summed E-state index contributed by atoms with van der Waals surface area (Å²) in [7, 11) is -4.46. The second kappa shape index (κ2) is 5.64. The molecule has 0 aliphatic heterocycles. The molecule has 11 heteroatoms. The molecule has 0 spiro atoms. The van der Waals surface area contributed by atoms with Gasteiger partial charge in [-0.2, -0.15) is 8.78 Å². The number of rotatable bonds is 7. The maximum absolute atomic E-state index is 13.4. The fraction of sp³-hybridized carbons (Fsp3) is 0.909. The van der Waals surface area contributed by atoms with Crippen LogP contribution in [0.25, 0.3) is 0 Å². The zero-order valence-electron chi connectivity index (χ0n) is 12.0. The van der Waals surface area contributed by atoms with Gasteiger partial charge in [0.25, 0.3) is 0 Å². The number of Topliss-reactive ketones (excluding diaryl/α,β-unsaturated/α-hetero) is 1. The first kappa shape index (κ1) is 18.0. The van der Waals surface area contributed by atoms with Crippen LogP contribution in [0.15, 0.2) is 0 Å². The number of nitrogens with one attached hydrogen (secondary N) is 1. The first-order valence-corrected chi connectivity index (χ1v) is 8.94. The molecule has 0 aromatic carbocycles. The van der Waals surface area contributed by atoms with E-state index in [9.17, 15) is 22.0 Å². The van der Waals surface area contributed by atoms with Crippen LogP contribution in [0.4, 0.5) is 8.78 Å². The zero-order valence-corrected chi connectivity index (χ0v) is 13.6. The standard InChI is InChI=1S/C11H17F2NO6S2/c1-9(2)7-3-4-10(9,8(15)5-7)6-22(17,18)14-11(12,13)21-20-19-16/h7,14,16H,3-6H2,1-2H3. The second-order valence-corrected chi connectivity index (χ2v) is 8.81. The number of fused-ring (bicyclic) bond motifs is 2. The molecule has 2 aliphatic rings. The predicted octanol–water partition coefficient (Wildman–Crippen LogP) is 1.92. The number of sulfonamides is 1. The smallest absolute Gasteiger partial charge is 0.299 e. The van der Waals surface area contributed by atoms with Crippen molar-refractivity contribution in [3.8, 4) is 0 Å². The Morgan fingerprint density at radius 3 is 2.59 bits per heavy atom. The van der Waals surface area contributed by atoms with Gasteiger partial charge in [0.05, 0.1) is 5.75 Å². The van der Waals surface area contributed by atoms with Gasteiger partial charge in [-0.25, -0.2) is 13.7 Å². The summed E-state index contributed by atoms with van der Waals surface area (Å²) in [6.45, 7) is 3.61. The van der Waals surface area contributed by atoms with Crippen molar-refractivity contribution in [1.82, 2.24) is 4.72 Å². The fourth-order valence-corrected chi connectivity index (χ4v) is 6.12. The Morgan fingerprint density at radius 2 is 2.14 bits per heavy atom. The highest BCUT2D eigenvalue weighted by Crippen LogP contribution is 2.64. The van der Waals surface area contributed by atoms with E-state index in [0.717, 1.165) is 4.72 Å². The minimum absolute atomic E-state index is 0.0798. The van der Waals surface area contributed by atoms with Gasteiger partial charge in [-0.3, -0.25) is 4.79 Å². The summed E-state index contributed by atoms with van der Waals surface area (Å²) in [6.07, 6.45) is 1.37. The monoisotopic (exact) mass is 361 g/mol. The topological polar surface area (TPSA) is 102 Å². The van der Waals surface area contributed by atoms with E-state index in [1.54, 1.807) is 13.8 Å². The van der Waals surface area contributed by atoms with Crippen LogP contribution in [0.5, 0.6) is 0 Å². The van der Waals surface area contributed by atoms with Gasteiger partial charge in [-0.1, -0.05) is 18.9 Å². The Kier molecular flexibility index (Phi) is 4.62. The lowest BCUT2D eigenvalue weighted by molar-refractivity contribution is -0.433. The zero-order chi connectivity index (χ0) is 16.8. The molecule has 2 fully saturated rings. The maximum Gasteiger partial charge on any atom is 0.392 e. The first-order valence-electron chi connectivity index (χ1n) is 6.54. The van der Waals surface area contributed by atoms with Crippen molar-refractivity contribution in [2.45, 2.75) is 38.5 Å². The van der Waals surface area contributed by atoms with Crippen molar-refractivity contribution in [2.24, 2.45) is 16.7 Å². The summed E-state index contributed by atoms with van der Waals surface area (Å²) in [6, 6.07) is 0. The first-order chi connectivity index (χ1) is 9.96. The number of ketones is 1. The molecule has 2 atom stereocenters. The van der Waals surface area contributed by atoms with Crippen LogP contribution < -0.4 is 4.72 Å². The summed E-state index contributed by atoms with van der Waals surface area (Å²) < 4.78 is 55.6. The Balaban J connectivity index is 2.17. The number of hydrogen-bond acceptors (Lipinski definition) is 7. The lowest BCUT2D eigenvalue weighted by atomic mass is 9.70. The van der Waals surface area contributed by atoms with Gasteiger partial charge in [0, 0.05) is 11.8 Å². The normalized spacial score (nSPS) is 31.0. The highest BCUT2D eigenvalue weighted by atomic mass is 32.2. The molecule has 2 N–H and O–H groups in total. The van der Waals surface area contributed by atoms with E-state index in [0.29, 0.717) is 12.8 Å². The van der Waals surface area contributed by atoms with Gasteiger partial charge in [0.15, 0.2) is 0 Å². The third kappa shape index (κ3) is 3.02. The molecule has 0 saturated heterocycles. The Hall–Kier alpha value is -0.330. The molecular formula is C11H17F2NO6S2. The van der Waals surface area contributed by atoms with Crippen LogP contribution in [-0.2, 0) is 24.2 Å². The molecular weight excluding hydrogens is 344 g/mol. The van der Waals surface area contributed by atoms with Gasteiger partial charge in [0.2, 0.25) is 10.0 Å². The largest absolute Gasteiger partial charge is 0.392 e. The van der Waals surface area contributed by atoms with E-state index in [-0.39, 0.29) is 18.1 Å². The van der Waals surface area contributed by atoms with Crippen LogP contribution in [0, 0.1) is 16.7 Å². The molecule has 2 bridgehead atoms. The number of halogens is 2. The van der Waals surface area contributed by atoms with Gasteiger partial charge in [-0.15, -0.1) is 9.06 Å². The number of carbonyl (C=O) groups excluding carboxylic acids is 1. The van der Waals surface area contributed by atoms with E-state index in [4.69, 9.17) is 5.26 Å². The van der Waals surface area contributed by atoms with Gasteiger partial charge in [-0.05, 0) is 24.2 Å². The van der Waals surface area contributed by atoms with Crippen molar-refractivity contribution >= 4 is 27.8 Å². The number of alkyl halides is 2. The average Bonchev–Trinajstić information content (AvgIpc) is 2.68. The molecule has 0 radical (unpaired) electrons. The Bertz CT molecular complexity index is 567. The number of carbonyl (C=O) groups is 1. The molecule has 128 valence electrons. The predicted molar refractivity (Wildman–Crippen MR) is 72.8 cm³/mol. The highest BCUT2D eigenvalue weighted by Gasteiger charge is 2.65. The Labute approximate surface area is 130 Å². The molecule has 2 saturated carbocycles. The van der Waals surface area contributed by atoms with Gasteiger partial charge in [0.1, 0.15) is 17.8 Å². The molecule has 0 heterocycles. The van der Waals surface area contributed by atoms with Crippen LogP contribution in [0.3, 0.4) is 0 Å². The number of hydrogen-bond donors (Lipinski definition) is 2. The van der Waals surface area contributed by atoms with Crippen molar-refractivity contribution in [2.75, 3.05) is 5.75 Å². The third-order valence-corrected chi connectivity index (χ3v) is 7.03. The quantitative estimate of drug-likeness (QED) is 0.235. The molecule has 0 aromatic heterocycles. The van der Waals surface area contributed by atoms with Crippen LogP contribution in [-0.4, -0.2) is 30.6 Å². The van der Waals surface area contributed by atoms with Crippen LogP contribution >= 0.6 is 12.0 Å².